The minimum Gasteiger partial charge on any atom is -0.185 e. The van der Waals surface area contributed by atoms with E-state index in [1.807, 2.05) is 0 Å². The zero-order valence-electron chi connectivity index (χ0n) is 8.47. The smallest absolute Gasteiger partial charge is 0.185 e. The van der Waals surface area contributed by atoms with Gasteiger partial charge in [0, 0.05) is 6.66 Å². The second-order valence-electron chi connectivity index (χ2n) is 3.42. The van der Waals surface area contributed by atoms with Crippen molar-refractivity contribution < 1.29 is 21.0 Å². The summed E-state index contributed by atoms with van der Waals surface area (Å²) in [6.07, 6.45) is 0. The zero-order chi connectivity index (χ0) is 12.8. The average Bonchev–Trinajstić information content (AvgIpc) is 1.67. The summed E-state index contributed by atoms with van der Waals surface area (Å²) in [4.78, 5) is 0. The monoisotopic (exact) mass is 320 g/mol. The van der Waals surface area contributed by atoms with Crippen molar-refractivity contribution in [3.63, 3.8) is 0 Å². The number of hydrogen-bond donors (Lipinski definition) is 0. The van der Waals surface area contributed by atoms with Gasteiger partial charge < -0.3 is 0 Å². The summed E-state index contributed by atoms with van der Waals surface area (Å²) >= 11 is 0. The SMILES string of the molecule is CP1(C)=NP(F)(F)=NP(C)(F)=NP(F)(F)=N1. The lowest BCUT2D eigenvalue weighted by molar-refractivity contribution is 0.720. The molecular weight excluding hydrogens is 311 g/mol. The molecule has 0 spiro atoms. The molecule has 1 rings (SSSR count). The van der Waals surface area contributed by atoms with Gasteiger partial charge in [0.05, 0.1) is 7.21 Å². The van der Waals surface area contributed by atoms with Crippen molar-refractivity contribution >= 4 is 30.4 Å². The molecule has 0 bridgehead atoms. The van der Waals surface area contributed by atoms with Crippen molar-refractivity contribution in [1.82, 2.24) is 0 Å². The van der Waals surface area contributed by atoms with E-state index >= 15 is 0 Å². The molecule has 0 saturated heterocycles. The molecule has 16 heavy (non-hydrogen) atoms. The van der Waals surface area contributed by atoms with Crippen LogP contribution < -0.4 is 0 Å². The number of halogens is 5. The Labute approximate surface area is 90.1 Å². The van der Waals surface area contributed by atoms with E-state index < -0.39 is 30.4 Å². The average molecular weight is 320 g/mol. The maximum Gasteiger partial charge on any atom is 0.419 e. The first-order valence-corrected chi connectivity index (χ1v) is 11.4. The predicted octanol–water partition coefficient (Wildman–Crippen LogP) is 6.78. The lowest BCUT2D eigenvalue weighted by Crippen LogP contribution is -1.74. The van der Waals surface area contributed by atoms with Crippen LogP contribution in [0.5, 0.6) is 0 Å². The molecule has 0 fully saturated rings. The summed E-state index contributed by atoms with van der Waals surface area (Å²) < 4.78 is 76.7. The van der Waals surface area contributed by atoms with Crippen molar-refractivity contribution in [2.75, 3.05) is 20.0 Å². The predicted molar refractivity (Wildman–Crippen MR) is 60.7 cm³/mol. The Kier molecular flexibility index (Phi) is 3.70. The summed E-state index contributed by atoms with van der Waals surface area (Å²) in [5.41, 5.74) is 0. The van der Waals surface area contributed by atoms with Crippen LogP contribution in [0.4, 0.5) is 21.0 Å². The van der Waals surface area contributed by atoms with Gasteiger partial charge in [0.1, 0.15) is 0 Å². The van der Waals surface area contributed by atoms with Crippen molar-refractivity contribution in [2.45, 2.75) is 0 Å². The van der Waals surface area contributed by atoms with Crippen LogP contribution in [0.2, 0.25) is 0 Å². The topological polar surface area (TPSA) is 49.4 Å². The van der Waals surface area contributed by atoms with E-state index in [4.69, 9.17) is 0 Å². The molecule has 4 nitrogen and oxygen atoms in total. The molecule has 0 aromatic heterocycles. The van der Waals surface area contributed by atoms with Gasteiger partial charge in [0.2, 0.25) is 7.52 Å². The fourth-order valence-corrected chi connectivity index (χ4v) is 10.2. The molecule has 96 valence electrons. The van der Waals surface area contributed by atoms with Gasteiger partial charge in [0.15, 0.2) is 0 Å². The molecule has 0 aromatic carbocycles. The molecule has 0 aliphatic carbocycles. The molecule has 1 unspecified atom stereocenters. The standard InChI is InChI=1S/C3H9F5N4P4/c1-13(2)9-15(5,6)11-14(3,4)12-16(7,8)10-13/h1-3H3. The minimum absolute atomic E-state index is 0.552. The van der Waals surface area contributed by atoms with Crippen molar-refractivity contribution in [1.29, 1.82) is 0 Å². The van der Waals surface area contributed by atoms with Crippen LogP contribution in [0, 0.1) is 0 Å². The van der Waals surface area contributed by atoms with Gasteiger partial charge in [-0.3, -0.25) is 0 Å². The van der Waals surface area contributed by atoms with Crippen LogP contribution in [0.3, 0.4) is 0 Å². The van der Waals surface area contributed by atoms with Gasteiger partial charge in [-0.15, -0.1) is 16.8 Å². The maximum absolute atomic E-state index is 13.3. The highest BCUT2D eigenvalue weighted by Crippen LogP contribution is 2.78. The Morgan fingerprint density at radius 2 is 1.06 bits per heavy atom. The van der Waals surface area contributed by atoms with Gasteiger partial charge in [-0.25, -0.2) is 0 Å². The van der Waals surface area contributed by atoms with Gasteiger partial charge in [0.25, 0.3) is 0 Å². The van der Waals surface area contributed by atoms with Crippen LogP contribution in [0.25, 0.3) is 0 Å². The summed E-state index contributed by atoms with van der Waals surface area (Å²) in [5.74, 6) is 0. The minimum atomic E-state index is -5.24. The highest BCUT2D eigenvalue weighted by Gasteiger charge is 2.32. The molecule has 1 atom stereocenters. The van der Waals surface area contributed by atoms with Crippen LogP contribution in [-0.4, -0.2) is 20.0 Å². The first kappa shape index (κ1) is 14.6. The van der Waals surface area contributed by atoms with Crippen molar-refractivity contribution in [3.8, 4) is 0 Å². The Balaban J connectivity index is 3.67. The molecular formula is C3H9F5N4P4. The second-order valence-corrected chi connectivity index (χ2v) is 12.4. The summed E-state index contributed by atoms with van der Waals surface area (Å²) in [6, 6.07) is 0. The molecule has 1 heterocycles. The van der Waals surface area contributed by atoms with Gasteiger partial charge in [-0.2, -0.15) is 22.3 Å². The molecule has 0 aromatic rings. The molecule has 0 N–H and O–H groups in total. The molecule has 0 saturated carbocycles. The van der Waals surface area contributed by atoms with Gasteiger partial charge >= 0.3 is 15.7 Å². The van der Waals surface area contributed by atoms with Gasteiger partial charge in [-0.05, 0) is 13.3 Å². The Morgan fingerprint density at radius 3 is 1.56 bits per heavy atom. The van der Waals surface area contributed by atoms with E-state index in [0.29, 0.717) is 6.66 Å². The molecule has 0 amide bonds. The fourth-order valence-electron chi connectivity index (χ4n) is 0.991. The summed E-state index contributed by atoms with van der Waals surface area (Å²) in [6.45, 7) is 2.75. The highest BCUT2D eigenvalue weighted by molar-refractivity contribution is 7.81. The van der Waals surface area contributed by atoms with E-state index in [2.05, 4.69) is 18.1 Å². The molecule has 1 aliphatic rings. The van der Waals surface area contributed by atoms with Crippen LogP contribution in [-0.2, 0) is 0 Å². The lowest BCUT2D eigenvalue weighted by Gasteiger charge is -2.15. The Hall–Kier alpha value is 0.570. The third-order valence-corrected chi connectivity index (χ3v) is 10.8. The van der Waals surface area contributed by atoms with Crippen molar-refractivity contribution in [2.24, 2.45) is 18.1 Å². The largest absolute Gasteiger partial charge is 0.419 e. The fraction of sp³-hybridized carbons (Fsp3) is 1.00. The van der Waals surface area contributed by atoms with E-state index in [0.717, 1.165) is 13.3 Å². The summed E-state index contributed by atoms with van der Waals surface area (Å²) in [5, 5.41) is 0. The number of rotatable bonds is 0. The van der Waals surface area contributed by atoms with E-state index in [9.17, 15) is 21.0 Å². The summed E-state index contributed by atoms with van der Waals surface area (Å²) in [7, 11) is -18.2. The van der Waals surface area contributed by atoms with Crippen LogP contribution in [0.1, 0.15) is 0 Å². The third kappa shape index (κ3) is 4.44. The van der Waals surface area contributed by atoms with E-state index in [1.54, 1.807) is 0 Å². The van der Waals surface area contributed by atoms with E-state index in [-0.39, 0.29) is 0 Å². The van der Waals surface area contributed by atoms with E-state index in [1.165, 1.54) is 0 Å². The first-order chi connectivity index (χ1) is 6.83. The zero-order valence-corrected chi connectivity index (χ0v) is 12.0. The molecule has 1 aliphatic heterocycles. The quantitative estimate of drug-likeness (QED) is 0.349. The third-order valence-electron chi connectivity index (χ3n) is 1.19. The lowest BCUT2D eigenvalue weighted by atomic mass is 11.9. The number of nitrogens with zero attached hydrogens (tertiary/aromatic N) is 4. The molecule has 13 heteroatoms. The Bertz CT molecular complexity index is 394. The first-order valence-electron chi connectivity index (χ1n) is 3.79. The van der Waals surface area contributed by atoms with Crippen LogP contribution >= 0.6 is 30.4 Å². The van der Waals surface area contributed by atoms with Gasteiger partial charge in [-0.1, -0.05) is 0 Å². The van der Waals surface area contributed by atoms with Crippen LogP contribution in [0.15, 0.2) is 18.1 Å². The highest BCUT2D eigenvalue weighted by atomic mass is 31.3. The Morgan fingerprint density at radius 1 is 0.625 bits per heavy atom. The molecule has 0 radical (unpaired) electrons. The normalized spacial score (nSPS) is 35.5. The number of hydrogen-bond acceptors (Lipinski definition) is 4. The second kappa shape index (κ2) is 4.05. The maximum atomic E-state index is 13.3. The van der Waals surface area contributed by atoms with Crippen molar-refractivity contribution in [3.05, 3.63) is 0 Å².